The summed E-state index contributed by atoms with van der Waals surface area (Å²) in [6.45, 7) is -0.278. The quantitative estimate of drug-likeness (QED) is 0.166. The molecule has 3 aromatic heterocycles. The molecule has 1 aliphatic heterocycles. The second-order valence-corrected chi connectivity index (χ2v) is 11.0. The maximum Gasteiger partial charge on any atom is 3.00 e. The second kappa shape index (κ2) is 13.7. The molecule has 232 valence electrons. The van der Waals surface area contributed by atoms with Crippen LogP contribution in [-0.2, 0) is 20.1 Å². The number of hydrogen-bond donors (Lipinski definition) is 0. The summed E-state index contributed by atoms with van der Waals surface area (Å²) in [6, 6.07) is 54.3. The summed E-state index contributed by atoms with van der Waals surface area (Å²) in [5, 5.41) is 1.64. The molecule has 0 radical (unpaired) electrons. The molecule has 0 unspecified atom stereocenters. The maximum atomic E-state index is 7.65. The fraction of sp³-hybridized carbons (Fsp3) is 0.0238. The number of hydrogen-bond acceptors (Lipinski definition) is 5. The zero-order chi connectivity index (χ0) is 34.1. The summed E-state index contributed by atoms with van der Waals surface area (Å²) in [7, 11) is 0. The molecule has 9 rings (SSSR count). The number of fused-ring (bicyclic) bond motifs is 4. The van der Waals surface area contributed by atoms with Gasteiger partial charge in [-0.05, 0) is 60.6 Å². The average molecular weight is 801 g/mol. The predicted molar refractivity (Wildman–Crippen MR) is 190 cm³/mol. The Hall–Kier alpha value is -5.55. The fourth-order valence-electron chi connectivity index (χ4n) is 5.82. The van der Waals surface area contributed by atoms with E-state index >= 15 is 0 Å². The molecule has 6 heteroatoms. The van der Waals surface area contributed by atoms with Gasteiger partial charge in [0.15, 0.2) is 0 Å². The third-order valence-electron chi connectivity index (χ3n) is 8.04. The molecule has 0 saturated heterocycles. The Morgan fingerprint density at radius 1 is 0.688 bits per heavy atom. The van der Waals surface area contributed by atoms with Crippen LogP contribution in [0, 0.1) is 25.7 Å². The van der Waals surface area contributed by atoms with E-state index in [1.165, 1.54) is 17.2 Å². The van der Waals surface area contributed by atoms with Gasteiger partial charge in [-0.15, -0.1) is 42.1 Å². The number of aryl methyl sites for hydroxylation is 1. The Morgan fingerprint density at radius 3 is 2.19 bits per heavy atom. The van der Waals surface area contributed by atoms with E-state index < -0.39 is 6.85 Å². The smallest absolute Gasteiger partial charge is 0.500 e. The average Bonchev–Trinajstić information content (AvgIpc) is 3.75. The molecule has 1 aliphatic rings. The third-order valence-corrected chi connectivity index (χ3v) is 8.04. The minimum Gasteiger partial charge on any atom is -0.500 e. The van der Waals surface area contributed by atoms with Gasteiger partial charge in [0, 0.05) is 44.0 Å². The Kier molecular flexibility index (Phi) is 7.84. The second-order valence-electron chi connectivity index (χ2n) is 11.0. The van der Waals surface area contributed by atoms with Gasteiger partial charge in [0.05, 0.1) is 0 Å². The number of para-hydroxylation sites is 3. The number of anilines is 4. The standard InChI is InChI=1S/C25H17N3O.C17H12N.Ir/c1-17-14-15-20-19-10-7-13-23(24(19)29-25(20)26-17)28-16-27(18-8-3-2-4-9-18)21-11-5-6-12-22(21)28;1-2-7-14(8-3-1)15-9-6-10-16(13-15)17-11-4-5-12-18-17;/h2-12,14-16H,1H3;1-9,11-13H;/q-2;-1;+3/i1D3;;. The summed E-state index contributed by atoms with van der Waals surface area (Å²) in [5.41, 5.74) is 9.14. The van der Waals surface area contributed by atoms with E-state index in [-0.39, 0.29) is 25.8 Å². The van der Waals surface area contributed by atoms with Crippen molar-refractivity contribution in [2.24, 2.45) is 0 Å². The summed E-state index contributed by atoms with van der Waals surface area (Å²) in [6.07, 6.45) is 1.80. The van der Waals surface area contributed by atoms with Gasteiger partial charge in [-0.2, -0.15) is 18.2 Å². The van der Waals surface area contributed by atoms with E-state index in [1.807, 2.05) is 96.5 Å². The van der Waals surface area contributed by atoms with Crippen molar-refractivity contribution in [3.05, 3.63) is 176 Å². The van der Waals surface area contributed by atoms with Crippen molar-refractivity contribution < 1.29 is 28.6 Å². The van der Waals surface area contributed by atoms with E-state index in [4.69, 9.17) is 8.53 Å². The molecule has 5 nitrogen and oxygen atoms in total. The van der Waals surface area contributed by atoms with Gasteiger partial charge in [-0.25, -0.2) is 4.98 Å². The number of pyridine rings is 2. The number of benzene rings is 5. The first-order valence-electron chi connectivity index (χ1n) is 16.7. The molecule has 0 amide bonds. The largest absolute Gasteiger partial charge is 3.00 e. The normalized spacial score (nSPS) is 13.1. The molecule has 0 bridgehead atoms. The summed E-state index contributed by atoms with van der Waals surface area (Å²) >= 11 is 0. The van der Waals surface area contributed by atoms with Crippen LogP contribution in [-0.4, -0.2) is 9.97 Å². The zero-order valence-electron chi connectivity index (χ0n) is 28.5. The molecular formula is C42H29IrN4O. The predicted octanol–water partition coefficient (Wildman–Crippen LogP) is 10.7. The van der Waals surface area contributed by atoms with Crippen molar-refractivity contribution in [2.45, 2.75) is 6.85 Å². The van der Waals surface area contributed by atoms with Crippen molar-refractivity contribution in [1.82, 2.24) is 9.97 Å². The van der Waals surface area contributed by atoms with Crippen molar-refractivity contribution in [1.29, 1.82) is 0 Å². The molecule has 4 heterocycles. The van der Waals surface area contributed by atoms with Gasteiger partial charge in [0.25, 0.3) is 0 Å². The molecule has 5 aromatic carbocycles. The molecular weight excluding hydrogens is 769 g/mol. The first-order chi connectivity index (χ1) is 24.4. The van der Waals surface area contributed by atoms with Crippen molar-refractivity contribution in [2.75, 3.05) is 9.80 Å². The van der Waals surface area contributed by atoms with Gasteiger partial charge in [0.1, 0.15) is 0 Å². The van der Waals surface area contributed by atoms with E-state index in [9.17, 15) is 0 Å². The molecule has 48 heavy (non-hydrogen) atoms. The van der Waals surface area contributed by atoms with Crippen LogP contribution in [0.2, 0.25) is 0 Å². The molecule has 0 spiro atoms. The number of aromatic nitrogens is 2. The van der Waals surface area contributed by atoms with Crippen LogP contribution in [0.5, 0.6) is 0 Å². The van der Waals surface area contributed by atoms with Gasteiger partial charge < -0.3 is 19.2 Å². The summed E-state index contributed by atoms with van der Waals surface area (Å²) in [5.74, 6) is 0. The van der Waals surface area contributed by atoms with Crippen molar-refractivity contribution in [3.63, 3.8) is 0 Å². The van der Waals surface area contributed by atoms with Crippen molar-refractivity contribution >= 4 is 44.8 Å². The topological polar surface area (TPSA) is 45.4 Å². The number of nitrogens with zero attached hydrogens (tertiary/aromatic N) is 4. The van der Waals surface area contributed by atoms with E-state index in [0.29, 0.717) is 11.3 Å². The fourth-order valence-corrected chi connectivity index (χ4v) is 5.82. The minimum atomic E-state index is -2.29. The van der Waals surface area contributed by atoms with Crippen LogP contribution in [0.25, 0.3) is 44.5 Å². The molecule has 0 atom stereocenters. The van der Waals surface area contributed by atoms with E-state index in [1.54, 1.807) is 12.3 Å². The van der Waals surface area contributed by atoms with Gasteiger partial charge in [0.2, 0.25) is 5.71 Å². The maximum absolute atomic E-state index is 7.65. The van der Waals surface area contributed by atoms with Crippen LogP contribution in [0.1, 0.15) is 9.81 Å². The first kappa shape index (κ1) is 27.6. The molecule has 0 fully saturated rings. The number of furan rings is 1. The summed E-state index contributed by atoms with van der Waals surface area (Å²) in [4.78, 5) is 12.8. The van der Waals surface area contributed by atoms with Crippen LogP contribution >= 0.6 is 0 Å². The minimum absolute atomic E-state index is 0. The molecule has 8 aromatic rings. The van der Waals surface area contributed by atoms with Crippen LogP contribution < -0.4 is 9.80 Å². The monoisotopic (exact) mass is 801 g/mol. The molecule has 0 N–H and O–H groups in total. The Labute approximate surface area is 297 Å². The van der Waals surface area contributed by atoms with Crippen LogP contribution in [0.4, 0.5) is 22.7 Å². The zero-order valence-corrected chi connectivity index (χ0v) is 27.9. The van der Waals surface area contributed by atoms with E-state index in [0.717, 1.165) is 44.8 Å². The third kappa shape index (κ3) is 6.00. The molecule has 0 aliphatic carbocycles. The van der Waals surface area contributed by atoms with Gasteiger partial charge in [-0.1, -0.05) is 83.9 Å². The van der Waals surface area contributed by atoms with Crippen molar-refractivity contribution in [3.8, 4) is 22.4 Å². The molecule has 0 saturated carbocycles. The Balaban J connectivity index is 0.000000182. The Morgan fingerprint density at radius 2 is 1.42 bits per heavy atom. The van der Waals surface area contributed by atoms with Gasteiger partial charge >= 0.3 is 20.1 Å². The first-order valence-corrected chi connectivity index (χ1v) is 15.2. The number of rotatable bonds is 4. The Bertz CT molecular complexity index is 2360. The van der Waals surface area contributed by atoms with Crippen LogP contribution in [0.15, 0.2) is 156 Å². The summed E-state index contributed by atoms with van der Waals surface area (Å²) < 4.78 is 29.1. The SMILES string of the molecule is [2H]C([2H])([2H])c1ccc2c(n1)oc1c(N3[CH-]N(c4ccccc4)c4ccccc43)[c-]ccc12.[Ir+3].[c-]1ccc(-c2ccccc2)cc1-c1ccccn1. The van der Waals surface area contributed by atoms with Gasteiger partial charge in [-0.3, -0.25) is 0 Å². The van der Waals surface area contributed by atoms with Crippen LogP contribution in [0.3, 0.4) is 0 Å². The van der Waals surface area contributed by atoms with E-state index in [2.05, 4.69) is 75.5 Å².